The van der Waals surface area contributed by atoms with Crippen LogP contribution in [0.4, 0.5) is 5.82 Å². The minimum atomic E-state index is 0.200. The van der Waals surface area contributed by atoms with Crippen LogP contribution in [0.15, 0.2) is 42.7 Å². The highest BCUT2D eigenvalue weighted by Gasteiger charge is 2.31. The summed E-state index contributed by atoms with van der Waals surface area (Å²) in [5.74, 6) is 1.86. The smallest absolute Gasteiger partial charge is 0.222 e. The molecule has 1 saturated heterocycles. The van der Waals surface area contributed by atoms with Gasteiger partial charge in [-0.3, -0.25) is 4.79 Å². The van der Waals surface area contributed by atoms with Crippen LogP contribution in [0.2, 0.25) is 0 Å². The van der Waals surface area contributed by atoms with Crippen molar-refractivity contribution in [3.63, 3.8) is 0 Å². The topological polar surface area (TPSA) is 71.8 Å². The van der Waals surface area contributed by atoms with E-state index in [1.165, 1.54) is 0 Å². The Morgan fingerprint density at radius 2 is 2.00 bits per heavy atom. The Labute approximate surface area is 189 Å². The molecule has 1 atom stereocenters. The van der Waals surface area contributed by atoms with Gasteiger partial charge in [0, 0.05) is 37.3 Å². The number of para-hydroxylation sites is 1. The van der Waals surface area contributed by atoms with Gasteiger partial charge in [0.25, 0.3) is 0 Å². The fraction of sp³-hybridized carbons (Fsp3) is 0.480. The highest BCUT2D eigenvalue weighted by atomic mass is 16.5. The highest BCUT2D eigenvalue weighted by molar-refractivity contribution is 5.81. The number of benzene rings is 1. The number of anilines is 1. The first-order valence-electron chi connectivity index (χ1n) is 11.5. The number of carbonyl (C=O) groups excluding carboxylic acids is 1. The number of fused-ring (bicyclic) bond motifs is 1. The average Bonchev–Trinajstić information content (AvgIpc) is 3.33. The maximum Gasteiger partial charge on any atom is 0.222 e. The monoisotopic (exact) mass is 435 g/mol. The van der Waals surface area contributed by atoms with Crippen molar-refractivity contribution < 1.29 is 9.53 Å². The first-order valence-corrected chi connectivity index (χ1v) is 11.5. The molecule has 2 aromatic heterocycles. The second-order valence-electron chi connectivity index (χ2n) is 9.54. The Morgan fingerprint density at radius 1 is 1.19 bits per heavy atom. The van der Waals surface area contributed by atoms with Crippen LogP contribution in [0.3, 0.4) is 0 Å². The van der Waals surface area contributed by atoms with Gasteiger partial charge in [-0.15, -0.1) is 0 Å². The van der Waals surface area contributed by atoms with Crippen molar-refractivity contribution in [2.24, 2.45) is 5.41 Å². The van der Waals surface area contributed by atoms with Crippen LogP contribution in [0, 0.1) is 5.41 Å². The van der Waals surface area contributed by atoms with Crippen LogP contribution in [0.1, 0.15) is 47.0 Å². The zero-order valence-corrected chi connectivity index (χ0v) is 19.5. The van der Waals surface area contributed by atoms with Gasteiger partial charge in [0.1, 0.15) is 11.6 Å². The lowest BCUT2D eigenvalue weighted by Gasteiger charge is -2.28. The summed E-state index contributed by atoms with van der Waals surface area (Å²) >= 11 is 0. The minimum Gasteiger partial charge on any atom is -0.493 e. The van der Waals surface area contributed by atoms with E-state index in [9.17, 15) is 4.79 Å². The van der Waals surface area contributed by atoms with Gasteiger partial charge in [-0.25, -0.2) is 9.50 Å². The van der Waals surface area contributed by atoms with Gasteiger partial charge in [0.15, 0.2) is 5.65 Å². The van der Waals surface area contributed by atoms with E-state index >= 15 is 0 Å². The number of aromatic nitrogens is 3. The van der Waals surface area contributed by atoms with Gasteiger partial charge in [-0.1, -0.05) is 39.0 Å². The molecule has 0 aliphatic carbocycles. The number of carbonyl (C=O) groups is 1. The van der Waals surface area contributed by atoms with Gasteiger partial charge in [-0.05, 0) is 37.3 Å². The molecule has 32 heavy (non-hydrogen) atoms. The van der Waals surface area contributed by atoms with E-state index in [1.807, 2.05) is 54.5 Å². The fourth-order valence-electron chi connectivity index (χ4n) is 4.12. The van der Waals surface area contributed by atoms with Gasteiger partial charge in [0.05, 0.1) is 18.4 Å². The number of nitrogens with zero attached hydrogens (tertiary/aromatic N) is 4. The maximum absolute atomic E-state index is 12.4. The molecule has 0 unspecified atom stereocenters. The van der Waals surface area contributed by atoms with Gasteiger partial charge in [-0.2, -0.15) is 5.10 Å². The Hall–Kier alpha value is -3.09. The van der Waals surface area contributed by atoms with Crippen molar-refractivity contribution in [1.82, 2.24) is 19.5 Å². The normalized spacial score (nSPS) is 16.7. The molecule has 0 saturated carbocycles. The van der Waals surface area contributed by atoms with Crippen LogP contribution >= 0.6 is 0 Å². The summed E-state index contributed by atoms with van der Waals surface area (Å²) in [5, 5.41) is 7.92. The van der Waals surface area contributed by atoms with Crippen molar-refractivity contribution in [2.45, 2.75) is 53.0 Å². The predicted molar refractivity (Wildman–Crippen MR) is 127 cm³/mol. The van der Waals surface area contributed by atoms with Crippen molar-refractivity contribution in [1.29, 1.82) is 0 Å². The van der Waals surface area contributed by atoms with E-state index in [-0.39, 0.29) is 17.4 Å². The van der Waals surface area contributed by atoms with E-state index < -0.39 is 0 Å². The van der Waals surface area contributed by atoms with E-state index in [2.05, 4.69) is 31.2 Å². The van der Waals surface area contributed by atoms with Gasteiger partial charge >= 0.3 is 0 Å². The van der Waals surface area contributed by atoms with E-state index in [0.717, 1.165) is 47.7 Å². The summed E-state index contributed by atoms with van der Waals surface area (Å²) in [6.45, 7) is 10.7. The molecule has 0 radical (unpaired) electrons. The molecule has 4 rings (SSSR count). The lowest BCUT2D eigenvalue weighted by molar-refractivity contribution is -0.129. The molecule has 3 heterocycles. The van der Waals surface area contributed by atoms with Crippen molar-refractivity contribution in [3.8, 4) is 16.9 Å². The quantitative estimate of drug-likeness (QED) is 0.558. The summed E-state index contributed by atoms with van der Waals surface area (Å²) in [4.78, 5) is 19.3. The predicted octanol–water partition coefficient (Wildman–Crippen LogP) is 4.63. The van der Waals surface area contributed by atoms with Crippen LogP contribution in [-0.4, -0.2) is 51.1 Å². The van der Waals surface area contributed by atoms with Crippen molar-refractivity contribution in [2.75, 3.05) is 25.0 Å². The lowest BCUT2D eigenvalue weighted by Crippen LogP contribution is -2.39. The van der Waals surface area contributed by atoms with E-state index in [4.69, 9.17) is 9.72 Å². The largest absolute Gasteiger partial charge is 0.493 e. The number of likely N-dealkylation sites (tertiary alicyclic amines) is 1. The lowest BCUT2D eigenvalue weighted by atomic mass is 9.92. The third-order valence-corrected chi connectivity index (χ3v) is 5.92. The minimum absolute atomic E-state index is 0.200. The Bertz CT molecular complexity index is 1090. The highest BCUT2D eigenvalue weighted by Crippen LogP contribution is 2.32. The third-order valence-electron chi connectivity index (χ3n) is 5.92. The summed E-state index contributed by atoms with van der Waals surface area (Å²) in [6, 6.07) is 10.1. The molecular weight excluding hydrogens is 402 g/mol. The summed E-state index contributed by atoms with van der Waals surface area (Å²) in [6.07, 6.45) is 6.25. The molecule has 7 nitrogen and oxygen atoms in total. The Morgan fingerprint density at radius 3 is 2.78 bits per heavy atom. The second-order valence-corrected chi connectivity index (χ2v) is 9.54. The van der Waals surface area contributed by atoms with Crippen LogP contribution in [-0.2, 0) is 4.79 Å². The molecule has 1 N–H and O–H groups in total. The molecule has 1 fully saturated rings. The van der Waals surface area contributed by atoms with E-state index in [0.29, 0.717) is 19.6 Å². The number of amides is 1. The maximum atomic E-state index is 12.4. The zero-order valence-electron chi connectivity index (χ0n) is 19.5. The Kier molecular flexibility index (Phi) is 6.35. The van der Waals surface area contributed by atoms with Crippen LogP contribution in [0.5, 0.6) is 5.75 Å². The fourth-order valence-corrected chi connectivity index (χ4v) is 4.12. The van der Waals surface area contributed by atoms with Crippen molar-refractivity contribution in [3.05, 3.63) is 42.7 Å². The molecule has 1 aromatic carbocycles. The second kappa shape index (κ2) is 9.18. The number of hydrogen-bond acceptors (Lipinski definition) is 5. The Balaban J connectivity index is 1.51. The molecule has 1 aliphatic heterocycles. The van der Waals surface area contributed by atoms with Gasteiger partial charge in [0.2, 0.25) is 5.91 Å². The van der Waals surface area contributed by atoms with Crippen molar-refractivity contribution >= 4 is 17.4 Å². The molecule has 0 spiro atoms. The van der Waals surface area contributed by atoms with Crippen LogP contribution in [0.25, 0.3) is 16.8 Å². The number of rotatable bonds is 8. The third kappa shape index (κ3) is 4.87. The molecule has 170 valence electrons. The first kappa shape index (κ1) is 22.1. The van der Waals surface area contributed by atoms with E-state index in [1.54, 1.807) is 4.52 Å². The molecule has 0 bridgehead atoms. The summed E-state index contributed by atoms with van der Waals surface area (Å²) < 4.78 is 7.58. The molecular formula is C25H33N5O2. The number of nitrogens with one attached hydrogen (secondary N) is 1. The summed E-state index contributed by atoms with van der Waals surface area (Å²) in [5.41, 5.74) is 2.89. The zero-order chi connectivity index (χ0) is 22.7. The molecule has 1 aliphatic rings. The molecule has 1 amide bonds. The molecule has 7 heteroatoms. The standard InChI is InChI=1S/C25H33N5O2/c1-5-32-21-9-7-6-8-19(21)20-17-27-30-14-12-22(28-24(20)30)26-16-18-10-11-23(31)29(18)15-13-25(2,3)4/h6-9,12,14,17-18H,5,10-11,13,15-16H2,1-4H3,(H,26,28)/t18-/m0/s1. The number of ether oxygens (including phenoxy) is 1. The van der Waals surface area contributed by atoms with Crippen LogP contribution < -0.4 is 10.1 Å². The average molecular weight is 436 g/mol. The molecule has 3 aromatic rings. The SMILES string of the molecule is CCOc1ccccc1-c1cnn2ccc(NC[C@@H]3CCC(=O)N3CCC(C)(C)C)nc12. The summed E-state index contributed by atoms with van der Waals surface area (Å²) in [7, 11) is 0. The first-order chi connectivity index (χ1) is 15.4. The van der Waals surface area contributed by atoms with Gasteiger partial charge < -0.3 is 15.0 Å². The number of hydrogen-bond donors (Lipinski definition) is 1.